The monoisotopic (exact) mass is 348 g/mol. The van der Waals surface area contributed by atoms with Crippen molar-refractivity contribution in [2.45, 2.75) is 39.3 Å². The summed E-state index contributed by atoms with van der Waals surface area (Å²) in [5.74, 6) is -0.0233. The Morgan fingerprint density at radius 1 is 1.29 bits per heavy atom. The predicted octanol–water partition coefficient (Wildman–Crippen LogP) is 4.54. The second-order valence-electron chi connectivity index (χ2n) is 5.05. The van der Waals surface area contributed by atoms with E-state index in [-0.39, 0.29) is 11.9 Å². The molecule has 1 aromatic carbocycles. The topological polar surface area (TPSA) is 34.0 Å². The molecule has 0 spiro atoms. The van der Waals surface area contributed by atoms with Crippen molar-refractivity contribution in [2.24, 2.45) is 0 Å². The van der Waals surface area contributed by atoms with E-state index in [2.05, 4.69) is 40.3 Å². The number of aryl methyl sites for hydroxylation is 1. The van der Waals surface area contributed by atoms with Gasteiger partial charge in [-0.1, -0.05) is 43.7 Å². The summed E-state index contributed by atoms with van der Waals surface area (Å²) in [6, 6.07) is 12.1. The molecular formula is C17H21BrN2O. The van der Waals surface area contributed by atoms with Crippen molar-refractivity contribution in [1.29, 1.82) is 0 Å². The molecule has 1 unspecified atom stereocenters. The third-order valence-electron chi connectivity index (χ3n) is 3.52. The highest BCUT2D eigenvalue weighted by atomic mass is 79.9. The van der Waals surface area contributed by atoms with Crippen molar-refractivity contribution in [1.82, 2.24) is 9.88 Å². The van der Waals surface area contributed by atoms with Crippen LogP contribution in [0.25, 0.3) is 0 Å². The number of aromatic nitrogens is 1. The maximum absolute atomic E-state index is 12.5. The van der Waals surface area contributed by atoms with E-state index in [4.69, 9.17) is 0 Å². The Kier molecular flexibility index (Phi) is 5.62. The van der Waals surface area contributed by atoms with Gasteiger partial charge in [-0.15, -0.1) is 0 Å². The Hall–Kier alpha value is -1.55. The van der Waals surface area contributed by atoms with E-state index >= 15 is 0 Å². The molecule has 0 bridgehead atoms. The van der Waals surface area contributed by atoms with Crippen LogP contribution in [0.15, 0.2) is 47.1 Å². The van der Waals surface area contributed by atoms with Gasteiger partial charge >= 0.3 is 0 Å². The molecule has 0 fully saturated rings. The summed E-state index contributed by atoms with van der Waals surface area (Å²) in [7, 11) is 0. The van der Waals surface area contributed by atoms with Gasteiger partial charge in [-0.05, 0) is 40.9 Å². The molecule has 1 aromatic heterocycles. The zero-order valence-corrected chi connectivity index (χ0v) is 14.1. The number of halogens is 1. The SMILES string of the molecule is CCCC(NC(=O)c1cc(Br)cn1CC)c1ccccc1. The molecular weight excluding hydrogens is 328 g/mol. The zero-order valence-electron chi connectivity index (χ0n) is 12.5. The summed E-state index contributed by atoms with van der Waals surface area (Å²) < 4.78 is 2.88. The minimum Gasteiger partial charge on any atom is -0.344 e. The molecule has 1 amide bonds. The molecule has 0 aliphatic rings. The van der Waals surface area contributed by atoms with Crippen LogP contribution in [0, 0.1) is 0 Å². The highest BCUT2D eigenvalue weighted by molar-refractivity contribution is 9.10. The lowest BCUT2D eigenvalue weighted by atomic mass is 10.0. The lowest BCUT2D eigenvalue weighted by Gasteiger charge is -2.19. The van der Waals surface area contributed by atoms with Crippen LogP contribution in [0.2, 0.25) is 0 Å². The van der Waals surface area contributed by atoms with E-state index in [1.54, 1.807) is 0 Å². The summed E-state index contributed by atoms with van der Waals surface area (Å²) in [5, 5.41) is 3.16. The minimum atomic E-state index is -0.0233. The lowest BCUT2D eigenvalue weighted by molar-refractivity contribution is 0.0925. The van der Waals surface area contributed by atoms with Crippen LogP contribution in [-0.2, 0) is 6.54 Å². The van der Waals surface area contributed by atoms with E-state index < -0.39 is 0 Å². The maximum atomic E-state index is 12.5. The number of hydrogen-bond acceptors (Lipinski definition) is 1. The van der Waals surface area contributed by atoms with Gasteiger partial charge in [0.1, 0.15) is 5.69 Å². The fourth-order valence-electron chi connectivity index (χ4n) is 2.46. The second kappa shape index (κ2) is 7.46. The number of hydrogen-bond donors (Lipinski definition) is 1. The van der Waals surface area contributed by atoms with Gasteiger partial charge < -0.3 is 9.88 Å². The van der Waals surface area contributed by atoms with Gasteiger partial charge in [-0.3, -0.25) is 4.79 Å². The number of nitrogens with zero attached hydrogens (tertiary/aromatic N) is 1. The van der Waals surface area contributed by atoms with Gasteiger partial charge in [0.15, 0.2) is 0 Å². The van der Waals surface area contributed by atoms with Gasteiger partial charge in [-0.25, -0.2) is 0 Å². The summed E-state index contributed by atoms with van der Waals surface area (Å²) in [5.41, 5.74) is 1.85. The van der Waals surface area contributed by atoms with Gasteiger partial charge in [0.2, 0.25) is 0 Å². The highest BCUT2D eigenvalue weighted by Gasteiger charge is 2.17. The molecule has 3 nitrogen and oxygen atoms in total. The predicted molar refractivity (Wildman–Crippen MR) is 89.4 cm³/mol. The molecule has 0 aliphatic heterocycles. The molecule has 2 rings (SSSR count). The first-order chi connectivity index (χ1) is 10.2. The summed E-state index contributed by atoms with van der Waals surface area (Å²) in [6.45, 7) is 4.94. The number of carbonyl (C=O) groups is 1. The third-order valence-corrected chi connectivity index (χ3v) is 3.95. The van der Waals surface area contributed by atoms with Crippen LogP contribution in [0.5, 0.6) is 0 Å². The van der Waals surface area contributed by atoms with Gasteiger partial charge in [0, 0.05) is 17.2 Å². The lowest BCUT2D eigenvalue weighted by Crippen LogP contribution is -2.30. The van der Waals surface area contributed by atoms with E-state index in [9.17, 15) is 4.79 Å². The average molecular weight is 349 g/mol. The second-order valence-corrected chi connectivity index (χ2v) is 5.97. The van der Waals surface area contributed by atoms with E-state index in [1.807, 2.05) is 42.0 Å². The summed E-state index contributed by atoms with van der Waals surface area (Å²) >= 11 is 3.43. The molecule has 1 heterocycles. The standard InChI is InChI=1S/C17H21BrN2O/c1-3-8-15(13-9-6-5-7-10-13)19-17(21)16-11-14(18)12-20(16)4-2/h5-7,9-12,15H,3-4,8H2,1-2H3,(H,19,21). The largest absolute Gasteiger partial charge is 0.344 e. The quantitative estimate of drug-likeness (QED) is 0.816. The zero-order chi connectivity index (χ0) is 15.2. The van der Waals surface area contributed by atoms with E-state index in [1.165, 1.54) is 0 Å². The van der Waals surface area contributed by atoms with Crippen LogP contribution in [-0.4, -0.2) is 10.5 Å². The number of carbonyl (C=O) groups excluding carboxylic acids is 1. The Morgan fingerprint density at radius 3 is 2.62 bits per heavy atom. The molecule has 1 N–H and O–H groups in total. The van der Waals surface area contributed by atoms with Crippen molar-refractivity contribution in [3.05, 3.63) is 58.3 Å². The van der Waals surface area contributed by atoms with Gasteiger partial charge in [-0.2, -0.15) is 0 Å². The fourth-order valence-corrected chi connectivity index (χ4v) is 2.92. The van der Waals surface area contributed by atoms with Crippen molar-refractivity contribution >= 4 is 21.8 Å². The van der Waals surface area contributed by atoms with Crippen LogP contribution < -0.4 is 5.32 Å². The molecule has 0 radical (unpaired) electrons. The van der Waals surface area contributed by atoms with E-state index in [0.717, 1.165) is 29.4 Å². The molecule has 0 aliphatic carbocycles. The Bertz CT molecular complexity index is 592. The Labute approximate surface area is 134 Å². The molecule has 1 atom stereocenters. The molecule has 112 valence electrons. The number of amides is 1. The smallest absolute Gasteiger partial charge is 0.268 e. The van der Waals surface area contributed by atoms with Gasteiger partial charge in [0.05, 0.1) is 6.04 Å². The molecule has 0 saturated carbocycles. The summed E-state index contributed by atoms with van der Waals surface area (Å²) in [6.07, 6.45) is 3.90. The molecule has 2 aromatic rings. The fraction of sp³-hybridized carbons (Fsp3) is 0.353. The van der Waals surface area contributed by atoms with Gasteiger partial charge in [0.25, 0.3) is 5.91 Å². The first-order valence-corrected chi connectivity index (χ1v) is 8.16. The average Bonchev–Trinajstić information content (AvgIpc) is 2.89. The van der Waals surface area contributed by atoms with Crippen molar-refractivity contribution in [3.8, 4) is 0 Å². The number of benzene rings is 1. The highest BCUT2D eigenvalue weighted by Crippen LogP contribution is 2.20. The van der Waals surface area contributed by atoms with Crippen LogP contribution >= 0.6 is 15.9 Å². The van der Waals surface area contributed by atoms with Crippen molar-refractivity contribution in [2.75, 3.05) is 0 Å². The van der Waals surface area contributed by atoms with Crippen molar-refractivity contribution in [3.63, 3.8) is 0 Å². The third kappa shape index (κ3) is 3.97. The molecule has 0 saturated heterocycles. The Balaban J connectivity index is 2.18. The van der Waals surface area contributed by atoms with Crippen LogP contribution in [0.3, 0.4) is 0 Å². The normalized spacial score (nSPS) is 12.1. The molecule has 21 heavy (non-hydrogen) atoms. The molecule has 4 heteroatoms. The Morgan fingerprint density at radius 2 is 2.00 bits per heavy atom. The van der Waals surface area contributed by atoms with E-state index in [0.29, 0.717) is 5.69 Å². The number of nitrogens with one attached hydrogen (secondary N) is 1. The van der Waals surface area contributed by atoms with Crippen LogP contribution in [0.1, 0.15) is 48.8 Å². The van der Waals surface area contributed by atoms with Crippen molar-refractivity contribution < 1.29 is 4.79 Å². The minimum absolute atomic E-state index is 0.0233. The first kappa shape index (κ1) is 15.8. The number of rotatable bonds is 6. The summed E-state index contributed by atoms with van der Waals surface area (Å²) in [4.78, 5) is 12.5. The van der Waals surface area contributed by atoms with Crippen LogP contribution in [0.4, 0.5) is 0 Å². The maximum Gasteiger partial charge on any atom is 0.268 e. The first-order valence-electron chi connectivity index (χ1n) is 7.37.